The van der Waals surface area contributed by atoms with Crippen molar-refractivity contribution >= 4 is 23.5 Å². The van der Waals surface area contributed by atoms with Crippen molar-refractivity contribution in [3.63, 3.8) is 0 Å². The van der Waals surface area contributed by atoms with E-state index in [1.54, 1.807) is 0 Å². The highest BCUT2D eigenvalue weighted by Gasteiger charge is 2.02. The van der Waals surface area contributed by atoms with Crippen LogP contribution in [0.2, 0.25) is 5.02 Å². The number of benzene rings is 4. The van der Waals surface area contributed by atoms with E-state index >= 15 is 0 Å². The standard InChI is InChI=1S/C26H20ClNO2/c27-22-12-10-20(11-13-22)19-29-26-9-5-4-6-21(26)18-28-23-14-16-25(17-15-23)30-24-7-2-1-3-8-24/h1-18H,19H2. The zero-order chi connectivity index (χ0) is 20.6. The summed E-state index contributed by atoms with van der Waals surface area (Å²) in [5.41, 5.74) is 2.80. The molecule has 0 saturated carbocycles. The van der Waals surface area contributed by atoms with Crippen molar-refractivity contribution < 1.29 is 9.47 Å². The van der Waals surface area contributed by atoms with Crippen LogP contribution in [0.3, 0.4) is 0 Å². The molecule has 0 aliphatic heterocycles. The Morgan fingerprint density at radius 2 is 1.37 bits per heavy atom. The summed E-state index contributed by atoms with van der Waals surface area (Å²) in [7, 11) is 0. The molecule has 0 amide bonds. The van der Waals surface area contributed by atoms with Crippen LogP contribution in [-0.2, 0) is 6.61 Å². The van der Waals surface area contributed by atoms with E-state index in [4.69, 9.17) is 21.1 Å². The molecule has 4 aromatic rings. The van der Waals surface area contributed by atoms with Gasteiger partial charge < -0.3 is 9.47 Å². The molecule has 0 spiro atoms. The van der Waals surface area contributed by atoms with Gasteiger partial charge in [-0.1, -0.05) is 54.1 Å². The van der Waals surface area contributed by atoms with E-state index in [9.17, 15) is 0 Å². The van der Waals surface area contributed by atoms with Gasteiger partial charge >= 0.3 is 0 Å². The molecule has 0 aromatic heterocycles. The van der Waals surface area contributed by atoms with Gasteiger partial charge in [0.15, 0.2) is 0 Å². The Morgan fingerprint density at radius 3 is 2.13 bits per heavy atom. The number of nitrogens with zero attached hydrogens (tertiary/aromatic N) is 1. The first-order valence-electron chi connectivity index (χ1n) is 9.59. The summed E-state index contributed by atoms with van der Waals surface area (Å²) in [6, 6.07) is 32.8. The Morgan fingerprint density at radius 1 is 0.700 bits per heavy atom. The number of rotatable bonds is 7. The van der Waals surface area contributed by atoms with Crippen molar-refractivity contribution in [2.45, 2.75) is 6.61 Å². The van der Waals surface area contributed by atoms with E-state index in [0.717, 1.165) is 34.1 Å². The molecule has 0 N–H and O–H groups in total. The summed E-state index contributed by atoms with van der Waals surface area (Å²) in [6.07, 6.45) is 1.81. The Hall–Kier alpha value is -3.56. The Bertz CT molecular complexity index is 1110. The van der Waals surface area contributed by atoms with Crippen LogP contribution in [0.5, 0.6) is 17.2 Å². The molecule has 0 unspecified atom stereocenters. The highest BCUT2D eigenvalue weighted by atomic mass is 35.5. The summed E-state index contributed by atoms with van der Waals surface area (Å²) in [6.45, 7) is 0.466. The van der Waals surface area contributed by atoms with Crippen LogP contribution in [0.25, 0.3) is 0 Å². The smallest absolute Gasteiger partial charge is 0.128 e. The lowest BCUT2D eigenvalue weighted by molar-refractivity contribution is 0.306. The van der Waals surface area contributed by atoms with Crippen molar-refractivity contribution in [1.82, 2.24) is 0 Å². The number of ether oxygens (including phenoxy) is 2. The second-order valence-corrected chi connectivity index (χ2v) is 7.06. The fourth-order valence-corrected chi connectivity index (χ4v) is 2.96. The molecule has 4 rings (SSSR count). The van der Waals surface area contributed by atoms with Gasteiger partial charge in [0, 0.05) is 16.8 Å². The summed E-state index contributed by atoms with van der Waals surface area (Å²) < 4.78 is 11.8. The first-order valence-corrected chi connectivity index (χ1v) is 9.97. The van der Waals surface area contributed by atoms with Gasteiger partial charge in [0.2, 0.25) is 0 Å². The molecule has 0 radical (unpaired) electrons. The van der Waals surface area contributed by atoms with Gasteiger partial charge in [-0.05, 0) is 66.2 Å². The largest absolute Gasteiger partial charge is 0.488 e. The summed E-state index contributed by atoms with van der Waals surface area (Å²) >= 11 is 5.94. The number of para-hydroxylation sites is 2. The number of hydrogen-bond acceptors (Lipinski definition) is 3. The average molecular weight is 414 g/mol. The molecule has 0 atom stereocenters. The third-order valence-corrected chi connectivity index (χ3v) is 4.65. The van der Waals surface area contributed by atoms with E-state index in [1.807, 2.05) is 109 Å². The molecule has 148 valence electrons. The molecule has 3 nitrogen and oxygen atoms in total. The van der Waals surface area contributed by atoms with E-state index in [0.29, 0.717) is 11.6 Å². The molecule has 4 aromatic carbocycles. The van der Waals surface area contributed by atoms with Crippen LogP contribution in [0, 0.1) is 0 Å². The molecule has 0 bridgehead atoms. The zero-order valence-electron chi connectivity index (χ0n) is 16.2. The van der Waals surface area contributed by atoms with Crippen molar-refractivity contribution in [3.8, 4) is 17.2 Å². The minimum atomic E-state index is 0.466. The molecule has 0 heterocycles. The van der Waals surface area contributed by atoms with Gasteiger partial charge in [0.1, 0.15) is 23.9 Å². The number of hydrogen-bond donors (Lipinski definition) is 0. The van der Waals surface area contributed by atoms with Crippen LogP contribution in [0.4, 0.5) is 5.69 Å². The van der Waals surface area contributed by atoms with Gasteiger partial charge in [-0.3, -0.25) is 4.99 Å². The van der Waals surface area contributed by atoms with Crippen LogP contribution < -0.4 is 9.47 Å². The summed E-state index contributed by atoms with van der Waals surface area (Å²) in [5, 5.41) is 0.714. The first kappa shape index (κ1) is 19.7. The van der Waals surface area contributed by atoms with Crippen molar-refractivity contribution in [2.75, 3.05) is 0 Å². The van der Waals surface area contributed by atoms with Crippen molar-refractivity contribution in [3.05, 3.63) is 119 Å². The maximum Gasteiger partial charge on any atom is 0.128 e. The lowest BCUT2D eigenvalue weighted by atomic mass is 10.2. The van der Waals surface area contributed by atoms with E-state index < -0.39 is 0 Å². The molecular weight excluding hydrogens is 394 g/mol. The maximum absolute atomic E-state index is 5.98. The van der Waals surface area contributed by atoms with Gasteiger partial charge in [0.05, 0.1) is 5.69 Å². The quantitative estimate of drug-likeness (QED) is 0.294. The molecular formula is C26H20ClNO2. The lowest BCUT2D eigenvalue weighted by Crippen LogP contribution is -1.98. The lowest BCUT2D eigenvalue weighted by Gasteiger charge is -2.09. The number of aliphatic imine (C=N–C) groups is 1. The van der Waals surface area contributed by atoms with Gasteiger partial charge in [-0.15, -0.1) is 0 Å². The zero-order valence-corrected chi connectivity index (χ0v) is 17.0. The second-order valence-electron chi connectivity index (χ2n) is 6.62. The first-order chi connectivity index (χ1) is 14.8. The van der Waals surface area contributed by atoms with Gasteiger partial charge in [-0.25, -0.2) is 0 Å². The van der Waals surface area contributed by atoms with E-state index in [1.165, 1.54) is 0 Å². The Labute approximate surface area is 181 Å². The molecule has 0 aliphatic rings. The van der Waals surface area contributed by atoms with E-state index in [-0.39, 0.29) is 0 Å². The maximum atomic E-state index is 5.98. The molecule has 30 heavy (non-hydrogen) atoms. The molecule has 0 aliphatic carbocycles. The highest BCUT2D eigenvalue weighted by Crippen LogP contribution is 2.24. The number of halogens is 1. The van der Waals surface area contributed by atoms with Gasteiger partial charge in [0.25, 0.3) is 0 Å². The minimum absolute atomic E-state index is 0.466. The van der Waals surface area contributed by atoms with Crippen LogP contribution in [0.1, 0.15) is 11.1 Å². The summed E-state index contributed by atoms with van der Waals surface area (Å²) in [5.74, 6) is 2.35. The predicted octanol–water partition coefficient (Wildman–Crippen LogP) is 7.46. The van der Waals surface area contributed by atoms with Crippen LogP contribution in [0.15, 0.2) is 108 Å². The average Bonchev–Trinajstić information content (AvgIpc) is 2.79. The summed E-state index contributed by atoms with van der Waals surface area (Å²) in [4.78, 5) is 4.57. The third-order valence-electron chi connectivity index (χ3n) is 4.39. The third kappa shape index (κ3) is 5.49. The SMILES string of the molecule is Clc1ccc(COc2ccccc2C=Nc2ccc(Oc3ccccc3)cc2)cc1. The van der Waals surface area contributed by atoms with Gasteiger partial charge in [-0.2, -0.15) is 0 Å². The van der Waals surface area contributed by atoms with Crippen molar-refractivity contribution in [1.29, 1.82) is 0 Å². The highest BCUT2D eigenvalue weighted by molar-refractivity contribution is 6.30. The molecule has 0 fully saturated rings. The van der Waals surface area contributed by atoms with E-state index in [2.05, 4.69) is 4.99 Å². The fourth-order valence-electron chi connectivity index (χ4n) is 2.83. The van der Waals surface area contributed by atoms with Crippen LogP contribution in [-0.4, -0.2) is 6.21 Å². The topological polar surface area (TPSA) is 30.8 Å². The second kappa shape index (κ2) is 9.77. The molecule has 4 heteroatoms. The van der Waals surface area contributed by atoms with Crippen molar-refractivity contribution in [2.24, 2.45) is 4.99 Å². The minimum Gasteiger partial charge on any atom is -0.488 e. The Balaban J connectivity index is 1.41. The normalized spacial score (nSPS) is 10.8. The fraction of sp³-hybridized carbons (Fsp3) is 0.0385. The Kier molecular flexibility index (Phi) is 6.43. The monoisotopic (exact) mass is 413 g/mol. The molecule has 0 saturated heterocycles. The van der Waals surface area contributed by atoms with Crippen LogP contribution >= 0.6 is 11.6 Å². The predicted molar refractivity (Wildman–Crippen MR) is 122 cm³/mol.